The molecule has 0 atom stereocenters. The van der Waals surface area contributed by atoms with Crippen molar-refractivity contribution in [3.05, 3.63) is 247 Å². The highest BCUT2D eigenvalue weighted by Gasteiger charge is 2.51. The number of nitrogens with zero attached hydrogens (tertiary/aromatic N) is 1. The summed E-state index contributed by atoms with van der Waals surface area (Å²) in [6.45, 7) is 0. The molecule has 0 radical (unpaired) electrons. The number of rotatable bonds is 5. The molecule has 2 aliphatic rings. The van der Waals surface area contributed by atoms with Crippen molar-refractivity contribution in [2.45, 2.75) is 5.41 Å². The van der Waals surface area contributed by atoms with E-state index in [0.29, 0.717) is 0 Å². The quantitative estimate of drug-likeness (QED) is 0.122. The lowest BCUT2D eigenvalue weighted by molar-refractivity contribution is 0.749. The summed E-state index contributed by atoms with van der Waals surface area (Å²) in [4.78, 5) is 0. The van der Waals surface area contributed by atoms with Crippen LogP contribution in [0, 0.1) is 0 Å². The van der Waals surface area contributed by atoms with Gasteiger partial charge < -0.3 is 4.57 Å². The molecule has 1 aliphatic heterocycles. The summed E-state index contributed by atoms with van der Waals surface area (Å²) >= 11 is 0. The van der Waals surface area contributed by atoms with Crippen LogP contribution in [-0.2, 0) is 5.41 Å². The predicted molar refractivity (Wildman–Crippen MR) is 241 cm³/mol. The van der Waals surface area contributed by atoms with E-state index in [1.54, 1.807) is 0 Å². The molecule has 266 valence electrons. The lowest BCUT2D eigenvalue weighted by Crippen LogP contribution is -2.74. The normalized spacial score (nSPS) is 13.4. The third-order valence-electron chi connectivity index (χ3n) is 12.9. The Balaban J connectivity index is 1.25. The maximum Gasteiger partial charge on any atom is 0.179 e. The molecule has 2 heteroatoms. The highest BCUT2D eigenvalue weighted by molar-refractivity contribution is 7.20. The Kier molecular flexibility index (Phi) is 6.93. The Morgan fingerprint density at radius 1 is 0.333 bits per heavy atom. The van der Waals surface area contributed by atoms with Crippen LogP contribution in [0.15, 0.2) is 224 Å². The van der Waals surface area contributed by atoms with Gasteiger partial charge in [0, 0.05) is 10.8 Å². The van der Waals surface area contributed by atoms with Crippen LogP contribution in [0.1, 0.15) is 22.3 Å². The van der Waals surface area contributed by atoms with Gasteiger partial charge in [-0.1, -0.05) is 212 Å². The standard InChI is InChI=1S/C55H37NSi/c1-4-18-38(19-5-1)39-20-16-25-42(36-39)57(40-21-6-2-7-22-40,41-23-8-3-9-24-41)43-34-35-50-53(37-43)56-52-33-15-12-28-46(52)47-29-17-32-51(54(47)56)55(50)48-30-13-10-26-44(48)45-27-11-14-31-49(45)55/h1-37H. The van der Waals surface area contributed by atoms with Crippen molar-refractivity contribution in [3.8, 4) is 27.9 Å². The van der Waals surface area contributed by atoms with Crippen LogP contribution in [0.5, 0.6) is 0 Å². The molecular formula is C55H37NSi. The highest BCUT2D eigenvalue weighted by atomic mass is 28.3. The van der Waals surface area contributed by atoms with Gasteiger partial charge in [0.1, 0.15) is 0 Å². The van der Waals surface area contributed by atoms with Crippen LogP contribution in [-0.4, -0.2) is 12.6 Å². The molecule has 0 saturated carbocycles. The van der Waals surface area contributed by atoms with Crippen molar-refractivity contribution >= 4 is 50.6 Å². The molecule has 0 N–H and O–H groups in total. The smallest absolute Gasteiger partial charge is 0.179 e. The van der Waals surface area contributed by atoms with Gasteiger partial charge in [-0.25, -0.2) is 0 Å². The third-order valence-corrected chi connectivity index (χ3v) is 17.7. The van der Waals surface area contributed by atoms with E-state index < -0.39 is 13.5 Å². The summed E-state index contributed by atoms with van der Waals surface area (Å²) in [6, 6.07) is 84.8. The average molecular weight is 740 g/mol. The first-order valence-electron chi connectivity index (χ1n) is 19.9. The van der Waals surface area contributed by atoms with Crippen molar-refractivity contribution in [3.63, 3.8) is 0 Å². The topological polar surface area (TPSA) is 4.93 Å². The van der Waals surface area contributed by atoms with Crippen LogP contribution in [0.2, 0.25) is 0 Å². The summed E-state index contributed by atoms with van der Waals surface area (Å²) in [7, 11) is -2.95. The first-order chi connectivity index (χ1) is 28.3. The molecule has 1 aromatic heterocycles. The van der Waals surface area contributed by atoms with Crippen molar-refractivity contribution in [1.82, 2.24) is 4.57 Å². The monoisotopic (exact) mass is 739 g/mol. The van der Waals surface area contributed by atoms with Crippen molar-refractivity contribution in [2.75, 3.05) is 0 Å². The number of para-hydroxylation sites is 2. The van der Waals surface area contributed by atoms with Gasteiger partial charge in [0.2, 0.25) is 0 Å². The fourth-order valence-corrected chi connectivity index (χ4v) is 15.5. The van der Waals surface area contributed by atoms with Crippen LogP contribution in [0.3, 0.4) is 0 Å². The minimum atomic E-state index is -2.95. The zero-order chi connectivity index (χ0) is 37.6. The van der Waals surface area contributed by atoms with Gasteiger partial charge in [-0.2, -0.15) is 0 Å². The maximum atomic E-state index is 2.60. The second kappa shape index (κ2) is 12.2. The molecular weight excluding hydrogens is 703 g/mol. The Labute approximate surface area is 333 Å². The van der Waals surface area contributed by atoms with E-state index in [4.69, 9.17) is 0 Å². The number of hydrogen-bond acceptors (Lipinski definition) is 0. The fourth-order valence-electron chi connectivity index (χ4n) is 10.7. The molecule has 2 heterocycles. The van der Waals surface area contributed by atoms with Gasteiger partial charge in [-0.05, 0) is 77.4 Å². The first kappa shape index (κ1) is 32.3. The van der Waals surface area contributed by atoms with Crippen LogP contribution < -0.4 is 20.7 Å². The van der Waals surface area contributed by atoms with E-state index in [1.165, 1.54) is 92.7 Å². The molecule has 1 spiro atoms. The minimum absolute atomic E-state index is 0.484. The Bertz CT molecular complexity index is 3090. The molecule has 0 amide bonds. The fraction of sp³-hybridized carbons (Fsp3) is 0.0182. The summed E-state index contributed by atoms with van der Waals surface area (Å²) < 4.78 is 2.60. The molecule has 1 nitrogen and oxygen atoms in total. The average Bonchev–Trinajstić information content (AvgIpc) is 3.79. The van der Waals surface area contributed by atoms with Gasteiger partial charge in [0.15, 0.2) is 8.07 Å². The van der Waals surface area contributed by atoms with Gasteiger partial charge in [-0.15, -0.1) is 0 Å². The van der Waals surface area contributed by atoms with E-state index >= 15 is 0 Å². The minimum Gasteiger partial charge on any atom is -0.309 e. The van der Waals surface area contributed by atoms with E-state index in [-0.39, 0.29) is 0 Å². The van der Waals surface area contributed by atoms with E-state index in [2.05, 4.69) is 229 Å². The molecule has 10 aromatic rings. The third kappa shape index (κ3) is 4.28. The largest absolute Gasteiger partial charge is 0.309 e. The molecule has 12 rings (SSSR count). The molecule has 9 aromatic carbocycles. The van der Waals surface area contributed by atoms with Gasteiger partial charge in [-0.3, -0.25) is 0 Å². The molecule has 0 saturated heterocycles. The number of fused-ring (bicyclic) bond motifs is 12. The SMILES string of the molecule is c1ccc(-c2cccc([Si](c3ccccc3)(c3ccccc3)c3ccc4c(c3)-n3c5ccccc5c5cccc(c53)C43c4ccccc4-c4ccccc43)c2)cc1. The molecule has 0 fully saturated rings. The maximum absolute atomic E-state index is 2.95. The summed E-state index contributed by atoms with van der Waals surface area (Å²) in [5.41, 5.74) is 13.8. The number of hydrogen-bond donors (Lipinski definition) is 0. The molecule has 1 aliphatic carbocycles. The Morgan fingerprint density at radius 2 is 0.842 bits per heavy atom. The van der Waals surface area contributed by atoms with Crippen molar-refractivity contribution in [2.24, 2.45) is 0 Å². The zero-order valence-electron chi connectivity index (χ0n) is 31.3. The first-order valence-corrected chi connectivity index (χ1v) is 21.9. The zero-order valence-corrected chi connectivity index (χ0v) is 32.3. The van der Waals surface area contributed by atoms with E-state index in [0.717, 1.165) is 0 Å². The highest BCUT2D eigenvalue weighted by Crippen LogP contribution is 2.60. The molecule has 57 heavy (non-hydrogen) atoms. The number of aromatic nitrogens is 1. The van der Waals surface area contributed by atoms with Crippen LogP contribution in [0.4, 0.5) is 0 Å². The molecule has 0 bridgehead atoms. The Morgan fingerprint density at radius 3 is 1.54 bits per heavy atom. The second-order valence-corrected chi connectivity index (χ2v) is 19.4. The summed E-state index contributed by atoms with van der Waals surface area (Å²) in [6.07, 6.45) is 0. The van der Waals surface area contributed by atoms with Gasteiger partial charge in [0.05, 0.1) is 22.1 Å². The van der Waals surface area contributed by atoms with E-state index in [9.17, 15) is 0 Å². The second-order valence-electron chi connectivity index (χ2n) is 15.6. The van der Waals surface area contributed by atoms with E-state index in [1.807, 2.05) is 0 Å². The predicted octanol–water partition coefficient (Wildman–Crippen LogP) is 10.5. The van der Waals surface area contributed by atoms with Crippen molar-refractivity contribution < 1.29 is 0 Å². The van der Waals surface area contributed by atoms with Gasteiger partial charge in [0.25, 0.3) is 0 Å². The van der Waals surface area contributed by atoms with Crippen LogP contribution >= 0.6 is 0 Å². The van der Waals surface area contributed by atoms with Gasteiger partial charge >= 0.3 is 0 Å². The summed E-state index contributed by atoms with van der Waals surface area (Å²) in [5.74, 6) is 0. The molecule has 0 unspecified atom stereocenters. The lowest BCUT2D eigenvalue weighted by atomic mass is 9.65. The number of benzene rings is 9. The Hall–Kier alpha value is -7.00. The summed E-state index contributed by atoms with van der Waals surface area (Å²) in [5, 5.41) is 8.05. The van der Waals surface area contributed by atoms with Crippen molar-refractivity contribution in [1.29, 1.82) is 0 Å². The van der Waals surface area contributed by atoms with Crippen LogP contribution in [0.25, 0.3) is 49.7 Å². The lowest BCUT2D eigenvalue weighted by Gasteiger charge is -2.41.